The first-order chi connectivity index (χ1) is 7.45. The van der Waals surface area contributed by atoms with Gasteiger partial charge in [-0.25, -0.2) is 0 Å². The highest BCUT2D eigenvalue weighted by molar-refractivity contribution is 5.25. The van der Waals surface area contributed by atoms with Crippen molar-refractivity contribution in [3.05, 3.63) is 35.8 Å². The van der Waals surface area contributed by atoms with Crippen LogP contribution in [0.3, 0.4) is 0 Å². The summed E-state index contributed by atoms with van der Waals surface area (Å²) in [6, 6.07) is 2.67. The molecule has 1 aromatic rings. The van der Waals surface area contributed by atoms with Crippen molar-refractivity contribution in [3.63, 3.8) is 0 Å². The Kier molecular flexibility index (Phi) is 2.37. The summed E-state index contributed by atoms with van der Waals surface area (Å²) in [5, 5.41) is 3.64. The molecule has 2 nitrogen and oxygen atoms in total. The molecule has 2 atom stereocenters. The molecule has 1 aromatic heterocycles. The van der Waals surface area contributed by atoms with Crippen molar-refractivity contribution in [1.29, 1.82) is 0 Å². The second-order valence-electron chi connectivity index (χ2n) is 4.53. The molecule has 0 saturated carbocycles. The van der Waals surface area contributed by atoms with E-state index in [-0.39, 0.29) is 0 Å². The van der Waals surface area contributed by atoms with Gasteiger partial charge in [-0.05, 0) is 31.2 Å². The van der Waals surface area contributed by atoms with Crippen molar-refractivity contribution in [3.8, 4) is 0 Å². The molecule has 2 aliphatic rings. The van der Waals surface area contributed by atoms with Crippen LogP contribution >= 0.6 is 0 Å². The maximum absolute atomic E-state index is 5.52. The Morgan fingerprint density at radius 1 is 1.33 bits per heavy atom. The standard InChI is InChI=1S/C13H17NO/c1-2-4-10(5-3-1)13-11-7-9-15-12(11)6-8-14-13/h1-2,7,9-10,13-14H,3-6,8H2. The molecule has 1 aliphatic heterocycles. The monoisotopic (exact) mass is 203 g/mol. The summed E-state index contributed by atoms with van der Waals surface area (Å²) in [5.74, 6) is 1.96. The van der Waals surface area contributed by atoms with Crippen LogP contribution in [0.1, 0.15) is 36.6 Å². The van der Waals surface area contributed by atoms with Crippen LogP contribution in [-0.2, 0) is 6.42 Å². The molecule has 0 amide bonds. The highest BCUT2D eigenvalue weighted by Crippen LogP contribution is 2.35. The smallest absolute Gasteiger partial charge is 0.109 e. The molecule has 0 bridgehead atoms. The summed E-state index contributed by atoms with van der Waals surface area (Å²) in [4.78, 5) is 0. The Hall–Kier alpha value is -1.02. The number of rotatable bonds is 1. The SMILES string of the molecule is C1=CCC(C2NCCc3occc32)CC1. The van der Waals surface area contributed by atoms with Gasteiger partial charge in [-0.1, -0.05) is 12.2 Å². The van der Waals surface area contributed by atoms with Gasteiger partial charge in [0.15, 0.2) is 0 Å². The van der Waals surface area contributed by atoms with Crippen LogP contribution in [0.15, 0.2) is 28.9 Å². The van der Waals surface area contributed by atoms with E-state index in [9.17, 15) is 0 Å². The quantitative estimate of drug-likeness (QED) is 0.710. The van der Waals surface area contributed by atoms with Gasteiger partial charge >= 0.3 is 0 Å². The van der Waals surface area contributed by atoms with E-state index in [1.807, 2.05) is 6.26 Å². The molecule has 0 saturated heterocycles. The molecule has 0 radical (unpaired) electrons. The van der Waals surface area contributed by atoms with Crippen LogP contribution in [0.2, 0.25) is 0 Å². The van der Waals surface area contributed by atoms with Gasteiger partial charge in [0.25, 0.3) is 0 Å². The Balaban J connectivity index is 1.85. The first kappa shape index (κ1) is 9.22. The Morgan fingerprint density at radius 3 is 3.20 bits per heavy atom. The molecule has 2 heteroatoms. The zero-order valence-electron chi connectivity index (χ0n) is 8.91. The van der Waals surface area contributed by atoms with Gasteiger partial charge in [0.05, 0.1) is 6.26 Å². The second kappa shape index (κ2) is 3.86. The first-order valence-electron chi connectivity index (χ1n) is 5.90. The van der Waals surface area contributed by atoms with Crippen LogP contribution < -0.4 is 5.32 Å². The lowest BCUT2D eigenvalue weighted by molar-refractivity contribution is 0.313. The Morgan fingerprint density at radius 2 is 2.33 bits per heavy atom. The molecule has 0 fully saturated rings. The average Bonchev–Trinajstić information content (AvgIpc) is 2.78. The molecule has 0 aromatic carbocycles. The zero-order chi connectivity index (χ0) is 10.1. The highest BCUT2D eigenvalue weighted by atomic mass is 16.3. The first-order valence-corrected chi connectivity index (χ1v) is 5.90. The fourth-order valence-electron chi connectivity index (χ4n) is 2.82. The van der Waals surface area contributed by atoms with Crippen molar-refractivity contribution in [2.24, 2.45) is 5.92 Å². The highest BCUT2D eigenvalue weighted by Gasteiger charge is 2.28. The third kappa shape index (κ3) is 1.63. The maximum Gasteiger partial charge on any atom is 0.109 e. The van der Waals surface area contributed by atoms with Crippen LogP contribution in [0.5, 0.6) is 0 Å². The predicted octanol–water partition coefficient (Wildman–Crippen LogP) is 2.82. The van der Waals surface area contributed by atoms with Crippen molar-refractivity contribution in [2.75, 3.05) is 6.54 Å². The number of nitrogens with one attached hydrogen (secondary N) is 1. The van der Waals surface area contributed by atoms with E-state index >= 15 is 0 Å². The van der Waals surface area contributed by atoms with Gasteiger partial charge in [0, 0.05) is 24.6 Å². The van der Waals surface area contributed by atoms with Crippen molar-refractivity contribution in [2.45, 2.75) is 31.7 Å². The van der Waals surface area contributed by atoms with E-state index in [1.54, 1.807) is 0 Å². The second-order valence-corrected chi connectivity index (χ2v) is 4.53. The summed E-state index contributed by atoms with van der Waals surface area (Å²) in [5.41, 5.74) is 1.40. The molecule has 2 heterocycles. The van der Waals surface area contributed by atoms with Crippen molar-refractivity contribution in [1.82, 2.24) is 5.32 Å². The molecule has 1 aliphatic carbocycles. The predicted molar refractivity (Wildman–Crippen MR) is 59.6 cm³/mol. The van der Waals surface area contributed by atoms with E-state index in [0.717, 1.165) is 18.9 Å². The van der Waals surface area contributed by atoms with Crippen LogP contribution in [-0.4, -0.2) is 6.54 Å². The average molecular weight is 203 g/mol. The lowest BCUT2D eigenvalue weighted by Gasteiger charge is -2.31. The number of hydrogen-bond donors (Lipinski definition) is 1. The molecule has 3 rings (SSSR count). The summed E-state index contributed by atoms with van der Waals surface area (Å²) in [6.45, 7) is 1.06. The lowest BCUT2D eigenvalue weighted by atomic mass is 9.82. The minimum Gasteiger partial charge on any atom is -0.469 e. The number of furan rings is 1. The van der Waals surface area contributed by atoms with Crippen molar-refractivity contribution >= 4 is 0 Å². The Bertz CT molecular complexity index is 366. The van der Waals surface area contributed by atoms with Gasteiger partial charge in [-0.15, -0.1) is 0 Å². The molecule has 1 N–H and O–H groups in total. The van der Waals surface area contributed by atoms with Gasteiger partial charge in [-0.3, -0.25) is 0 Å². The topological polar surface area (TPSA) is 25.2 Å². The fourth-order valence-corrected chi connectivity index (χ4v) is 2.82. The van der Waals surface area contributed by atoms with Crippen LogP contribution in [0.25, 0.3) is 0 Å². The number of fused-ring (bicyclic) bond motifs is 1. The lowest BCUT2D eigenvalue weighted by Crippen LogP contribution is -2.34. The molecule has 15 heavy (non-hydrogen) atoms. The van der Waals surface area contributed by atoms with E-state index in [2.05, 4.69) is 23.5 Å². The molecular weight excluding hydrogens is 186 g/mol. The molecule has 2 unspecified atom stereocenters. The van der Waals surface area contributed by atoms with Gasteiger partial charge in [-0.2, -0.15) is 0 Å². The van der Waals surface area contributed by atoms with Gasteiger partial charge < -0.3 is 9.73 Å². The third-order valence-corrected chi connectivity index (χ3v) is 3.61. The zero-order valence-corrected chi connectivity index (χ0v) is 8.91. The summed E-state index contributed by atoms with van der Waals surface area (Å²) in [6.07, 6.45) is 11.3. The van der Waals surface area contributed by atoms with E-state index < -0.39 is 0 Å². The largest absolute Gasteiger partial charge is 0.469 e. The maximum atomic E-state index is 5.52. The summed E-state index contributed by atoms with van der Waals surface area (Å²) in [7, 11) is 0. The van der Waals surface area contributed by atoms with Gasteiger partial charge in [0.1, 0.15) is 5.76 Å². The summed E-state index contributed by atoms with van der Waals surface area (Å²) < 4.78 is 5.52. The normalized spacial score (nSPS) is 30.1. The van der Waals surface area contributed by atoms with Crippen LogP contribution in [0.4, 0.5) is 0 Å². The van der Waals surface area contributed by atoms with E-state index in [4.69, 9.17) is 4.42 Å². The van der Waals surface area contributed by atoms with Gasteiger partial charge in [0.2, 0.25) is 0 Å². The molecule has 0 spiro atoms. The molecule has 80 valence electrons. The fraction of sp³-hybridized carbons (Fsp3) is 0.538. The van der Waals surface area contributed by atoms with Crippen molar-refractivity contribution < 1.29 is 4.42 Å². The third-order valence-electron chi connectivity index (χ3n) is 3.61. The van der Waals surface area contributed by atoms with Crippen LogP contribution in [0, 0.1) is 5.92 Å². The Labute approximate surface area is 90.4 Å². The number of hydrogen-bond acceptors (Lipinski definition) is 2. The minimum absolute atomic E-state index is 0.525. The number of allylic oxidation sites excluding steroid dienone is 2. The van der Waals surface area contributed by atoms with E-state index in [1.165, 1.54) is 30.6 Å². The minimum atomic E-state index is 0.525. The summed E-state index contributed by atoms with van der Waals surface area (Å²) >= 11 is 0. The van der Waals surface area contributed by atoms with E-state index in [0.29, 0.717) is 6.04 Å². The molecular formula is C13H17NO.